The van der Waals surface area contributed by atoms with Crippen LogP contribution >= 0.6 is 15.9 Å². The third-order valence-corrected chi connectivity index (χ3v) is 5.33. The van der Waals surface area contributed by atoms with E-state index in [0.717, 1.165) is 17.8 Å². The lowest BCUT2D eigenvalue weighted by molar-refractivity contribution is 0.161. The first-order valence-corrected chi connectivity index (χ1v) is 8.78. The van der Waals surface area contributed by atoms with Gasteiger partial charge in [-0.25, -0.2) is 0 Å². The molecule has 0 saturated heterocycles. The molecule has 3 unspecified atom stereocenters. The van der Waals surface area contributed by atoms with Gasteiger partial charge in [0.05, 0.1) is 0 Å². The predicted molar refractivity (Wildman–Crippen MR) is 90.8 cm³/mol. The van der Waals surface area contributed by atoms with E-state index in [1.807, 2.05) is 0 Å². The number of benzene rings is 1. The van der Waals surface area contributed by atoms with Gasteiger partial charge < -0.3 is 5.32 Å². The second-order valence-corrected chi connectivity index (χ2v) is 7.79. The topological polar surface area (TPSA) is 12.0 Å². The van der Waals surface area contributed by atoms with Crippen LogP contribution in [0.5, 0.6) is 0 Å². The first-order chi connectivity index (χ1) is 9.47. The summed E-state index contributed by atoms with van der Waals surface area (Å²) in [5.41, 5.74) is 1.38. The summed E-state index contributed by atoms with van der Waals surface area (Å²) in [5.74, 6) is 2.45. The van der Waals surface area contributed by atoms with Gasteiger partial charge in [0.15, 0.2) is 0 Å². The number of hydrogen-bond acceptors (Lipinski definition) is 1. The van der Waals surface area contributed by atoms with Crippen molar-refractivity contribution in [3.05, 3.63) is 34.3 Å². The van der Waals surface area contributed by atoms with Gasteiger partial charge >= 0.3 is 0 Å². The maximum Gasteiger partial charge on any atom is 0.0294 e. The van der Waals surface area contributed by atoms with Crippen molar-refractivity contribution in [1.82, 2.24) is 5.32 Å². The van der Waals surface area contributed by atoms with Crippen LogP contribution in [-0.4, -0.2) is 6.04 Å². The first kappa shape index (κ1) is 16.0. The second kappa shape index (κ2) is 7.09. The van der Waals surface area contributed by atoms with Crippen LogP contribution in [0.15, 0.2) is 28.7 Å². The van der Waals surface area contributed by atoms with Gasteiger partial charge in [-0.15, -0.1) is 0 Å². The zero-order chi connectivity index (χ0) is 14.7. The third kappa shape index (κ3) is 4.08. The number of nitrogens with one attached hydrogen (secondary N) is 1. The Kier molecular flexibility index (Phi) is 5.68. The maximum atomic E-state index is 3.90. The van der Waals surface area contributed by atoms with Crippen molar-refractivity contribution in [2.24, 2.45) is 17.8 Å². The van der Waals surface area contributed by atoms with Gasteiger partial charge in [0.1, 0.15) is 0 Å². The highest BCUT2D eigenvalue weighted by Gasteiger charge is 2.31. The largest absolute Gasteiger partial charge is 0.307 e. The van der Waals surface area contributed by atoms with Gasteiger partial charge in [-0.05, 0) is 55.2 Å². The molecule has 0 heterocycles. The molecule has 1 nitrogen and oxygen atoms in total. The molecule has 1 aliphatic carbocycles. The Labute approximate surface area is 132 Å². The normalized spacial score (nSPS) is 28.6. The van der Waals surface area contributed by atoms with E-state index < -0.39 is 0 Å². The molecule has 20 heavy (non-hydrogen) atoms. The summed E-state index contributed by atoms with van der Waals surface area (Å²) in [5, 5.41) is 3.90. The third-order valence-electron chi connectivity index (χ3n) is 4.83. The lowest BCUT2D eigenvalue weighted by Crippen LogP contribution is -2.43. The summed E-state index contributed by atoms with van der Waals surface area (Å²) >= 11 is 3.57. The summed E-state index contributed by atoms with van der Waals surface area (Å²) in [7, 11) is 0. The van der Waals surface area contributed by atoms with Crippen LogP contribution in [0.4, 0.5) is 0 Å². The van der Waals surface area contributed by atoms with E-state index in [1.165, 1.54) is 29.3 Å². The molecule has 1 aliphatic rings. The molecule has 1 saturated carbocycles. The summed E-state index contributed by atoms with van der Waals surface area (Å²) < 4.78 is 1.17. The van der Waals surface area contributed by atoms with Crippen LogP contribution in [0.1, 0.15) is 58.6 Å². The van der Waals surface area contributed by atoms with Crippen molar-refractivity contribution in [3.63, 3.8) is 0 Å². The van der Waals surface area contributed by atoms with Gasteiger partial charge in [0.25, 0.3) is 0 Å². The van der Waals surface area contributed by atoms with Crippen LogP contribution in [0.3, 0.4) is 0 Å². The lowest BCUT2D eigenvalue weighted by atomic mass is 9.73. The van der Waals surface area contributed by atoms with E-state index in [0.29, 0.717) is 12.1 Å². The molecule has 1 aromatic carbocycles. The van der Waals surface area contributed by atoms with Crippen molar-refractivity contribution in [3.8, 4) is 0 Å². The molecule has 112 valence electrons. The Morgan fingerprint density at radius 3 is 2.60 bits per heavy atom. The Hall–Kier alpha value is -0.340. The fourth-order valence-corrected chi connectivity index (χ4v) is 4.00. The van der Waals surface area contributed by atoms with Crippen LogP contribution in [0.25, 0.3) is 0 Å². The minimum atomic E-state index is 0.420. The van der Waals surface area contributed by atoms with Crippen LogP contribution in [0.2, 0.25) is 0 Å². The van der Waals surface area contributed by atoms with E-state index in [9.17, 15) is 0 Å². The molecule has 2 heteroatoms. The Morgan fingerprint density at radius 1 is 1.20 bits per heavy atom. The average Bonchev–Trinajstić information content (AvgIpc) is 2.38. The smallest absolute Gasteiger partial charge is 0.0294 e. The van der Waals surface area contributed by atoms with Crippen LogP contribution < -0.4 is 5.32 Å². The molecular formula is C18H28BrN. The maximum absolute atomic E-state index is 3.90. The zero-order valence-corrected chi connectivity index (χ0v) is 14.8. The SMILES string of the molecule is CC1CCC(C(C)C)C(N[C@@H](C)c2cccc(Br)c2)C1. The van der Waals surface area contributed by atoms with Gasteiger partial charge in [-0.3, -0.25) is 0 Å². The highest BCUT2D eigenvalue weighted by molar-refractivity contribution is 9.10. The summed E-state index contributed by atoms with van der Waals surface area (Å²) in [6, 6.07) is 9.75. The molecule has 0 aromatic heterocycles. The molecule has 1 fully saturated rings. The Balaban J connectivity index is 2.05. The predicted octanol–water partition coefficient (Wildman–Crippen LogP) is 5.56. The molecule has 1 N–H and O–H groups in total. The summed E-state index contributed by atoms with van der Waals surface area (Å²) in [4.78, 5) is 0. The van der Waals surface area contributed by atoms with Crippen molar-refractivity contribution < 1.29 is 0 Å². The van der Waals surface area contributed by atoms with Crippen molar-refractivity contribution in [2.75, 3.05) is 0 Å². The van der Waals surface area contributed by atoms with Crippen molar-refractivity contribution in [1.29, 1.82) is 0 Å². The van der Waals surface area contributed by atoms with E-state index in [1.54, 1.807) is 0 Å². The Bertz CT molecular complexity index is 429. The summed E-state index contributed by atoms with van der Waals surface area (Å²) in [6.45, 7) is 9.44. The molecule has 1 aromatic rings. The van der Waals surface area contributed by atoms with E-state index in [-0.39, 0.29) is 0 Å². The van der Waals surface area contributed by atoms with E-state index in [2.05, 4.69) is 73.2 Å². The highest BCUT2D eigenvalue weighted by Crippen LogP contribution is 2.34. The minimum absolute atomic E-state index is 0.420. The molecule has 0 bridgehead atoms. The Morgan fingerprint density at radius 2 is 1.95 bits per heavy atom. The lowest BCUT2D eigenvalue weighted by Gasteiger charge is -2.39. The number of rotatable bonds is 4. The highest BCUT2D eigenvalue weighted by atomic mass is 79.9. The second-order valence-electron chi connectivity index (χ2n) is 6.88. The summed E-state index contributed by atoms with van der Waals surface area (Å²) in [6.07, 6.45) is 4.09. The molecule has 0 radical (unpaired) electrons. The minimum Gasteiger partial charge on any atom is -0.307 e. The molecule has 2 rings (SSSR count). The molecular weight excluding hydrogens is 310 g/mol. The quantitative estimate of drug-likeness (QED) is 0.758. The molecule has 4 atom stereocenters. The standard InChI is InChI=1S/C18H28BrN/c1-12(2)17-9-8-13(3)10-18(17)20-14(4)15-6-5-7-16(19)11-15/h5-7,11-14,17-18,20H,8-10H2,1-4H3/t13?,14-,17?,18?/m0/s1. The van der Waals surface area contributed by atoms with E-state index >= 15 is 0 Å². The van der Waals surface area contributed by atoms with Crippen LogP contribution in [-0.2, 0) is 0 Å². The zero-order valence-electron chi connectivity index (χ0n) is 13.2. The fraction of sp³-hybridized carbons (Fsp3) is 0.667. The van der Waals surface area contributed by atoms with Gasteiger partial charge in [-0.1, -0.05) is 55.3 Å². The average molecular weight is 338 g/mol. The molecule has 0 aliphatic heterocycles. The van der Waals surface area contributed by atoms with Gasteiger partial charge in [-0.2, -0.15) is 0 Å². The first-order valence-electron chi connectivity index (χ1n) is 7.99. The fourth-order valence-electron chi connectivity index (χ4n) is 3.59. The molecule has 0 amide bonds. The monoisotopic (exact) mass is 337 g/mol. The van der Waals surface area contributed by atoms with Gasteiger partial charge in [0.2, 0.25) is 0 Å². The van der Waals surface area contributed by atoms with Crippen molar-refractivity contribution >= 4 is 15.9 Å². The molecule has 0 spiro atoms. The van der Waals surface area contributed by atoms with E-state index in [4.69, 9.17) is 0 Å². The number of halogens is 1. The van der Waals surface area contributed by atoms with Crippen LogP contribution in [0, 0.1) is 17.8 Å². The van der Waals surface area contributed by atoms with Crippen molar-refractivity contribution in [2.45, 2.75) is 59.0 Å². The van der Waals surface area contributed by atoms with Gasteiger partial charge in [0, 0.05) is 16.6 Å². The number of hydrogen-bond donors (Lipinski definition) is 1.